The topological polar surface area (TPSA) is 86.5 Å². The van der Waals surface area contributed by atoms with E-state index in [1.165, 1.54) is 11.8 Å². The molecule has 0 saturated carbocycles. The Balaban J connectivity index is 2.25. The van der Waals surface area contributed by atoms with Crippen molar-refractivity contribution in [3.05, 3.63) is 28.2 Å². The number of hydrogen-bond acceptors (Lipinski definition) is 7. The molecule has 1 aliphatic heterocycles. The number of nitrogens with one attached hydrogen (secondary N) is 2. The summed E-state index contributed by atoms with van der Waals surface area (Å²) in [6, 6.07) is 6.29. The van der Waals surface area contributed by atoms with Gasteiger partial charge in [-0.05, 0) is 58.7 Å². The first-order chi connectivity index (χ1) is 13.8. The third kappa shape index (κ3) is 6.84. The normalized spacial score (nSPS) is 16.3. The molecular formula is C22H33N3O3S. The average molecular weight is 420 g/mol. The van der Waals surface area contributed by atoms with Gasteiger partial charge in [-0.3, -0.25) is 0 Å². The van der Waals surface area contributed by atoms with Crippen molar-refractivity contribution in [2.75, 3.05) is 32.1 Å². The predicted molar refractivity (Wildman–Crippen MR) is 119 cm³/mol. The monoisotopic (exact) mass is 419 g/mol. The van der Waals surface area contributed by atoms with Gasteiger partial charge < -0.3 is 25.2 Å². The van der Waals surface area contributed by atoms with Gasteiger partial charge in [0.15, 0.2) is 11.5 Å². The van der Waals surface area contributed by atoms with Gasteiger partial charge in [0.1, 0.15) is 11.0 Å². The zero-order valence-corrected chi connectivity index (χ0v) is 18.9. The number of fused-ring (bicyclic) bond motifs is 1. The number of nitriles is 1. The fraction of sp³-hybridized carbons (Fsp3) is 0.591. The first kappa shape index (κ1) is 23.4. The largest absolute Gasteiger partial charge is 0.490 e. The van der Waals surface area contributed by atoms with Gasteiger partial charge in [0.2, 0.25) is 0 Å². The van der Waals surface area contributed by atoms with Gasteiger partial charge in [0, 0.05) is 29.9 Å². The highest BCUT2D eigenvalue weighted by Crippen LogP contribution is 2.37. The molecule has 0 amide bonds. The lowest BCUT2D eigenvalue weighted by Gasteiger charge is -2.25. The minimum absolute atomic E-state index is 0.0556. The number of allylic oxidation sites excluding steroid dienone is 1. The van der Waals surface area contributed by atoms with E-state index in [0.717, 1.165) is 35.5 Å². The van der Waals surface area contributed by atoms with Crippen LogP contribution in [0.1, 0.15) is 45.7 Å². The lowest BCUT2D eigenvalue weighted by Crippen LogP contribution is -2.41. The molecule has 1 aromatic rings. The fourth-order valence-electron chi connectivity index (χ4n) is 3.02. The number of thioether (sulfide) groups is 1. The molecule has 0 radical (unpaired) electrons. The quantitative estimate of drug-likeness (QED) is 0.529. The van der Waals surface area contributed by atoms with Crippen LogP contribution in [0.4, 0.5) is 0 Å². The first-order valence-electron chi connectivity index (χ1n) is 10.2. The van der Waals surface area contributed by atoms with Gasteiger partial charge in [-0.15, -0.1) is 11.8 Å². The average Bonchev–Trinajstić information content (AvgIpc) is 2.67. The minimum atomic E-state index is -0.537. The van der Waals surface area contributed by atoms with E-state index >= 15 is 0 Å². The van der Waals surface area contributed by atoms with Crippen LogP contribution in [0.2, 0.25) is 0 Å². The molecule has 0 spiro atoms. The molecule has 29 heavy (non-hydrogen) atoms. The molecule has 0 fully saturated rings. The molecule has 1 aromatic carbocycles. The van der Waals surface area contributed by atoms with E-state index in [1.54, 1.807) is 0 Å². The van der Waals surface area contributed by atoms with Crippen molar-refractivity contribution in [1.29, 1.82) is 5.26 Å². The summed E-state index contributed by atoms with van der Waals surface area (Å²) < 4.78 is 11.5. The smallest absolute Gasteiger partial charge is 0.161 e. The molecule has 0 aromatic heterocycles. The summed E-state index contributed by atoms with van der Waals surface area (Å²) in [4.78, 5) is 0.576. The molecule has 6 nitrogen and oxygen atoms in total. The van der Waals surface area contributed by atoms with Crippen molar-refractivity contribution in [2.45, 2.75) is 52.7 Å². The summed E-state index contributed by atoms with van der Waals surface area (Å²) >= 11 is 1.38. The zero-order chi connectivity index (χ0) is 21.4. The van der Waals surface area contributed by atoms with Crippen molar-refractivity contribution >= 4 is 17.5 Å². The Labute approximate surface area is 178 Å². The van der Waals surface area contributed by atoms with E-state index in [0.29, 0.717) is 36.2 Å². The van der Waals surface area contributed by atoms with Crippen LogP contribution in [0, 0.1) is 11.3 Å². The maximum atomic E-state index is 10.3. The van der Waals surface area contributed by atoms with E-state index in [9.17, 15) is 10.4 Å². The van der Waals surface area contributed by atoms with Crippen LogP contribution in [0.3, 0.4) is 0 Å². The van der Waals surface area contributed by atoms with Gasteiger partial charge in [0.25, 0.3) is 0 Å². The molecule has 1 atom stereocenters. The number of β-amino-alcohol motifs (C(OH)–C–C–N with tert-alkyl or cyclic N) is 1. The van der Waals surface area contributed by atoms with E-state index in [4.69, 9.17) is 9.47 Å². The van der Waals surface area contributed by atoms with Gasteiger partial charge in [-0.2, -0.15) is 5.26 Å². The highest BCUT2D eigenvalue weighted by Gasteiger charge is 2.22. The maximum absolute atomic E-state index is 10.3. The number of hydrogen-bond donors (Lipinski definition) is 3. The summed E-state index contributed by atoms with van der Waals surface area (Å²) in [6.45, 7) is 12.4. The second-order valence-electron chi connectivity index (χ2n) is 7.91. The second kappa shape index (κ2) is 10.8. The van der Waals surface area contributed by atoms with Crippen LogP contribution in [-0.4, -0.2) is 48.8 Å². The van der Waals surface area contributed by atoms with Gasteiger partial charge in [-0.25, -0.2) is 0 Å². The van der Waals surface area contributed by atoms with E-state index in [2.05, 4.69) is 37.5 Å². The van der Waals surface area contributed by atoms with E-state index in [1.807, 2.05) is 26.0 Å². The Hall–Kier alpha value is -1.88. The standard InChI is InChI=1S/C22H33N3O3S/c1-6-27-18-10-15-8-9-24-21(17(15)11-19(18)28-7-2)20(12-23)29-14-16(26)13-25-22(3,4)5/h10-11,16,24-26H,6-9,13-14H2,1-5H3. The van der Waals surface area contributed by atoms with Crippen LogP contribution >= 0.6 is 11.8 Å². The van der Waals surface area contributed by atoms with Crippen molar-refractivity contribution in [2.24, 2.45) is 0 Å². The highest BCUT2D eigenvalue weighted by molar-refractivity contribution is 8.03. The van der Waals surface area contributed by atoms with Crippen molar-refractivity contribution in [3.63, 3.8) is 0 Å². The molecule has 2 rings (SSSR count). The summed E-state index contributed by atoms with van der Waals surface area (Å²) in [5, 5.41) is 26.7. The third-order valence-corrected chi connectivity index (χ3v) is 5.49. The summed E-state index contributed by atoms with van der Waals surface area (Å²) in [7, 11) is 0. The molecule has 1 unspecified atom stereocenters. The van der Waals surface area contributed by atoms with Gasteiger partial charge >= 0.3 is 0 Å². The second-order valence-corrected chi connectivity index (χ2v) is 8.94. The van der Waals surface area contributed by atoms with Gasteiger partial charge in [0.05, 0.1) is 25.0 Å². The summed E-state index contributed by atoms with van der Waals surface area (Å²) in [5.74, 6) is 1.87. The van der Waals surface area contributed by atoms with Crippen molar-refractivity contribution in [1.82, 2.24) is 10.6 Å². The molecule has 160 valence electrons. The third-order valence-electron chi connectivity index (χ3n) is 4.35. The van der Waals surface area contributed by atoms with Crippen LogP contribution in [0.25, 0.3) is 5.70 Å². The molecule has 0 aliphatic carbocycles. The number of aliphatic hydroxyl groups excluding tert-OH is 1. The van der Waals surface area contributed by atoms with Crippen LogP contribution in [0.5, 0.6) is 11.5 Å². The predicted octanol–water partition coefficient (Wildman–Crippen LogP) is 3.30. The maximum Gasteiger partial charge on any atom is 0.161 e. The fourth-order valence-corrected chi connectivity index (χ4v) is 3.89. The minimum Gasteiger partial charge on any atom is -0.490 e. The Morgan fingerprint density at radius 1 is 1.28 bits per heavy atom. The summed E-state index contributed by atoms with van der Waals surface area (Å²) in [5.41, 5.74) is 2.85. The van der Waals surface area contributed by atoms with Gasteiger partial charge in [-0.1, -0.05) is 0 Å². The number of ether oxygens (including phenoxy) is 2. The van der Waals surface area contributed by atoms with E-state index in [-0.39, 0.29) is 5.54 Å². The molecular weight excluding hydrogens is 386 g/mol. The molecule has 1 aliphatic rings. The SMILES string of the molecule is CCOc1cc2c(cc1OCC)C(=C(C#N)SCC(O)CNC(C)(C)C)NCC2. The number of rotatable bonds is 9. The molecule has 1 heterocycles. The highest BCUT2D eigenvalue weighted by atomic mass is 32.2. The van der Waals surface area contributed by atoms with Crippen molar-refractivity contribution < 1.29 is 14.6 Å². The first-order valence-corrected chi connectivity index (χ1v) is 11.1. The zero-order valence-electron chi connectivity index (χ0n) is 18.1. The molecule has 0 saturated heterocycles. The molecule has 7 heteroatoms. The molecule has 3 N–H and O–H groups in total. The molecule has 0 bridgehead atoms. The Bertz CT molecular complexity index is 766. The Morgan fingerprint density at radius 3 is 2.52 bits per heavy atom. The van der Waals surface area contributed by atoms with Crippen LogP contribution in [-0.2, 0) is 6.42 Å². The lowest BCUT2D eigenvalue weighted by atomic mass is 9.97. The number of aliphatic hydroxyl groups is 1. The Morgan fingerprint density at radius 2 is 1.93 bits per heavy atom. The van der Waals surface area contributed by atoms with E-state index < -0.39 is 6.10 Å². The Kier molecular flexibility index (Phi) is 8.69. The van der Waals surface area contributed by atoms with Crippen LogP contribution in [0.15, 0.2) is 17.0 Å². The van der Waals surface area contributed by atoms with Crippen molar-refractivity contribution in [3.8, 4) is 17.6 Å². The number of nitrogens with zero attached hydrogens (tertiary/aromatic N) is 1. The van der Waals surface area contributed by atoms with Crippen LogP contribution < -0.4 is 20.1 Å². The number of benzene rings is 1. The summed E-state index contributed by atoms with van der Waals surface area (Å²) in [6.07, 6.45) is 0.317. The lowest BCUT2D eigenvalue weighted by molar-refractivity contribution is 0.183.